The minimum atomic E-state index is -4.51. The quantitative estimate of drug-likeness (QED) is 0.662. The van der Waals surface area contributed by atoms with Gasteiger partial charge in [-0.05, 0) is 0 Å². The van der Waals surface area contributed by atoms with Gasteiger partial charge in [-0.15, -0.1) is 0 Å². The average molecular weight is 331 g/mol. The summed E-state index contributed by atoms with van der Waals surface area (Å²) < 4.78 is 43.7. The molecule has 1 rings (SSSR count). The highest BCUT2D eigenvalue weighted by Gasteiger charge is 2.27. The fourth-order valence-corrected chi connectivity index (χ4v) is 5.30. The molecule has 0 fully saturated rings. The van der Waals surface area contributed by atoms with Crippen molar-refractivity contribution in [1.29, 1.82) is 0 Å². The van der Waals surface area contributed by atoms with Crippen LogP contribution in [0, 0.1) is 0 Å². The van der Waals surface area contributed by atoms with Crippen LogP contribution in [0.5, 0.6) is 0 Å². The van der Waals surface area contributed by atoms with Gasteiger partial charge in [0, 0.05) is 31.8 Å². The standard InChI is InChI=1S/C8H8Cl2N2O4S2/c9-17(13,14)8(18(10,15)16)6-3-1-5(2-4-6)7(11)12/h1-4H,11-12H2. The van der Waals surface area contributed by atoms with E-state index in [1.807, 2.05) is 0 Å². The Labute approximate surface area is 112 Å². The van der Waals surface area contributed by atoms with Crippen molar-refractivity contribution in [2.45, 2.75) is 0 Å². The lowest BCUT2D eigenvalue weighted by Gasteiger charge is -1.99. The van der Waals surface area contributed by atoms with Crippen molar-refractivity contribution in [3.8, 4) is 0 Å². The molecular formula is C8H8Cl2N2O4S2. The molecule has 0 radical (unpaired) electrons. The van der Waals surface area contributed by atoms with Gasteiger partial charge >= 0.3 is 0 Å². The van der Waals surface area contributed by atoms with Crippen LogP contribution in [0.25, 0.3) is 10.1 Å². The monoisotopic (exact) mass is 330 g/mol. The summed E-state index contributed by atoms with van der Waals surface area (Å²) in [5.74, 6) is 0.00515. The molecule has 0 saturated carbocycles. The molecule has 0 aliphatic rings. The molecule has 0 spiro atoms. The molecule has 1 aromatic carbocycles. The minimum Gasteiger partial charge on any atom is -0.385 e. The number of benzene rings is 1. The van der Waals surface area contributed by atoms with E-state index >= 15 is 0 Å². The Morgan fingerprint density at radius 3 is 1.44 bits per heavy atom. The minimum absolute atomic E-state index is 0.00515. The summed E-state index contributed by atoms with van der Waals surface area (Å²) in [4.78, 5) is 0. The highest BCUT2D eigenvalue weighted by atomic mass is 35.7. The van der Waals surface area contributed by atoms with Crippen molar-refractivity contribution in [3.63, 3.8) is 0 Å². The number of halogens is 2. The number of rotatable bonds is 2. The van der Waals surface area contributed by atoms with E-state index in [2.05, 4.69) is 0 Å². The van der Waals surface area contributed by atoms with Crippen molar-refractivity contribution in [2.75, 3.05) is 0 Å². The summed E-state index contributed by atoms with van der Waals surface area (Å²) in [6.07, 6.45) is 0. The van der Waals surface area contributed by atoms with Crippen molar-refractivity contribution < 1.29 is 16.8 Å². The third-order valence-electron chi connectivity index (χ3n) is 1.90. The van der Waals surface area contributed by atoms with E-state index in [4.69, 9.17) is 32.8 Å². The molecule has 18 heavy (non-hydrogen) atoms. The first-order valence-electron chi connectivity index (χ1n) is 4.28. The topological polar surface area (TPSA) is 120 Å². The van der Waals surface area contributed by atoms with Gasteiger partial charge < -0.3 is 11.5 Å². The van der Waals surface area contributed by atoms with E-state index in [-0.39, 0.29) is 11.0 Å². The maximum absolute atomic E-state index is 11.2. The molecule has 4 N–H and O–H groups in total. The predicted octanol–water partition coefficient (Wildman–Crippen LogP) is -1.13. The Hall–Kier alpha value is -0.960. The molecule has 0 amide bonds. The van der Waals surface area contributed by atoms with Crippen LogP contribution in [0.3, 0.4) is 0 Å². The van der Waals surface area contributed by atoms with Crippen LogP contribution in [0.4, 0.5) is 0 Å². The smallest absolute Gasteiger partial charge is 0.274 e. The predicted molar refractivity (Wildman–Crippen MR) is 70.4 cm³/mol. The Balaban J connectivity index is 3.86. The maximum Gasteiger partial charge on any atom is 0.274 e. The van der Waals surface area contributed by atoms with E-state index < -0.39 is 22.3 Å². The first-order chi connectivity index (χ1) is 8.03. The summed E-state index contributed by atoms with van der Waals surface area (Å²) in [6.45, 7) is 0. The Bertz CT molecular complexity index is 738. The van der Waals surface area contributed by atoms with Crippen LogP contribution in [0.15, 0.2) is 24.3 Å². The van der Waals surface area contributed by atoms with Crippen LogP contribution in [0.2, 0.25) is 0 Å². The summed E-state index contributed by atoms with van der Waals surface area (Å²) in [7, 11) is 1.06. The SMILES string of the molecule is NC(N)=c1ccc(=C(S(=O)(=O)Cl)S(=O)(=O)Cl)cc1. The first kappa shape index (κ1) is 15.1. The lowest BCUT2D eigenvalue weighted by molar-refractivity contribution is 0.613. The molecule has 0 aromatic heterocycles. The maximum atomic E-state index is 11.2. The number of hydrogen-bond acceptors (Lipinski definition) is 6. The second-order valence-corrected chi connectivity index (χ2v) is 8.46. The van der Waals surface area contributed by atoms with E-state index in [0.29, 0.717) is 5.22 Å². The van der Waals surface area contributed by atoms with Gasteiger partial charge in [-0.3, -0.25) is 0 Å². The lowest BCUT2D eigenvalue weighted by Crippen LogP contribution is -2.22. The molecule has 0 bridgehead atoms. The van der Waals surface area contributed by atoms with Crippen LogP contribution < -0.4 is 21.9 Å². The van der Waals surface area contributed by atoms with Crippen LogP contribution in [-0.4, -0.2) is 16.8 Å². The number of nitrogens with two attached hydrogens (primary N) is 2. The molecule has 0 unspecified atom stereocenters. The van der Waals surface area contributed by atoms with Crippen molar-refractivity contribution in [3.05, 3.63) is 34.7 Å². The average Bonchev–Trinajstić information content (AvgIpc) is 2.13. The van der Waals surface area contributed by atoms with Gasteiger partial charge in [0.25, 0.3) is 18.1 Å². The first-order valence-corrected chi connectivity index (χ1v) is 8.90. The van der Waals surface area contributed by atoms with E-state index in [1.165, 1.54) is 24.3 Å². The number of hydrogen-bond donors (Lipinski definition) is 2. The van der Waals surface area contributed by atoms with Crippen LogP contribution in [0.1, 0.15) is 0 Å². The van der Waals surface area contributed by atoms with Gasteiger partial charge in [0.05, 0.1) is 0 Å². The second kappa shape index (κ2) is 4.96. The molecule has 0 aliphatic carbocycles. The third kappa shape index (κ3) is 3.52. The zero-order chi connectivity index (χ0) is 14.1. The van der Waals surface area contributed by atoms with Gasteiger partial charge in [-0.25, -0.2) is 16.8 Å². The Kier molecular flexibility index (Phi) is 4.16. The van der Waals surface area contributed by atoms with Gasteiger partial charge in [-0.1, -0.05) is 24.3 Å². The molecular weight excluding hydrogens is 323 g/mol. The second-order valence-electron chi connectivity index (χ2n) is 3.20. The van der Waals surface area contributed by atoms with Crippen molar-refractivity contribution in [1.82, 2.24) is 0 Å². The van der Waals surface area contributed by atoms with Gasteiger partial charge in [0.2, 0.25) is 0 Å². The van der Waals surface area contributed by atoms with E-state index in [0.717, 1.165) is 0 Å². The van der Waals surface area contributed by atoms with Gasteiger partial charge in [0.1, 0.15) is 5.82 Å². The fraction of sp³-hybridized carbons (Fsp3) is 0. The van der Waals surface area contributed by atoms with Gasteiger partial charge in [0.15, 0.2) is 4.24 Å². The zero-order valence-corrected chi connectivity index (χ0v) is 11.8. The highest BCUT2D eigenvalue weighted by Crippen LogP contribution is 2.22. The highest BCUT2D eigenvalue weighted by molar-refractivity contribution is 8.39. The molecule has 0 aliphatic heterocycles. The molecule has 100 valence electrons. The lowest BCUT2D eigenvalue weighted by atomic mass is 10.2. The summed E-state index contributed by atoms with van der Waals surface area (Å²) in [6, 6.07) is 5.05. The molecule has 10 heteroatoms. The molecule has 0 atom stereocenters. The van der Waals surface area contributed by atoms with Crippen molar-refractivity contribution in [2.24, 2.45) is 11.5 Å². The summed E-state index contributed by atoms with van der Waals surface area (Å²) in [5.41, 5.74) is 10.6. The summed E-state index contributed by atoms with van der Waals surface area (Å²) in [5, 5.41) is 0.238. The van der Waals surface area contributed by atoms with E-state index in [9.17, 15) is 16.8 Å². The Morgan fingerprint density at radius 1 is 0.833 bits per heavy atom. The fourth-order valence-electron chi connectivity index (χ4n) is 1.20. The molecule has 0 saturated heterocycles. The largest absolute Gasteiger partial charge is 0.385 e. The normalized spacial score (nSPS) is 12.1. The molecule has 1 aromatic rings. The van der Waals surface area contributed by atoms with Crippen molar-refractivity contribution >= 4 is 49.5 Å². The van der Waals surface area contributed by atoms with E-state index in [1.54, 1.807) is 0 Å². The van der Waals surface area contributed by atoms with Gasteiger partial charge in [-0.2, -0.15) is 0 Å². The van der Waals surface area contributed by atoms with Crippen LogP contribution >= 0.6 is 21.4 Å². The van der Waals surface area contributed by atoms with Crippen LogP contribution in [-0.2, 0) is 18.1 Å². The Morgan fingerprint density at radius 2 is 1.17 bits per heavy atom. The molecule has 6 nitrogen and oxygen atoms in total. The third-order valence-corrected chi connectivity index (χ3v) is 6.05. The molecule has 0 heterocycles. The summed E-state index contributed by atoms with van der Waals surface area (Å²) >= 11 is 0. The zero-order valence-electron chi connectivity index (χ0n) is 8.67.